The van der Waals surface area contributed by atoms with E-state index in [1.54, 1.807) is 13.8 Å². The van der Waals surface area contributed by atoms with Gasteiger partial charge in [-0.3, -0.25) is 24.2 Å². The van der Waals surface area contributed by atoms with Crippen LogP contribution >= 0.6 is 0 Å². The number of rotatable bonds is 4. The first kappa shape index (κ1) is 29.6. The SMILES string of the molecule is CC(=O)O[C@H]1C[C@@H]2CC[C@@H]3[C@H](CC[C@@]4(C)[C@H]3C[C@H](N3CCN(C)CC3)[C@@H]4OC(C)=O)[C@@]2(C)C[C@@H]1N1CCC(=O)CC1. The first-order valence-electron chi connectivity index (χ1n) is 16.5. The molecule has 41 heavy (non-hydrogen) atoms. The van der Waals surface area contributed by atoms with Gasteiger partial charge in [-0.25, -0.2) is 0 Å². The Balaban J connectivity index is 1.26. The largest absolute Gasteiger partial charge is 0.461 e. The van der Waals surface area contributed by atoms with E-state index in [2.05, 4.69) is 35.6 Å². The average molecular weight is 572 g/mol. The van der Waals surface area contributed by atoms with E-state index in [9.17, 15) is 14.4 Å². The summed E-state index contributed by atoms with van der Waals surface area (Å²) in [7, 11) is 2.20. The Hall–Kier alpha value is -1.51. The molecule has 0 unspecified atom stereocenters. The van der Waals surface area contributed by atoms with Gasteiger partial charge in [-0.05, 0) is 81.1 Å². The third-order valence-electron chi connectivity index (χ3n) is 13.0. The highest BCUT2D eigenvalue weighted by atomic mass is 16.5. The van der Waals surface area contributed by atoms with Crippen molar-refractivity contribution in [2.75, 3.05) is 46.3 Å². The van der Waals surface area contributed by atoms with Crippen LogP contribution in [0.2, 0.25) is 0 Å². The first-order valence-corrected chi connectivity index (χ1v) is 16.5. The fourth-order valence-electron chi connectivity index (χ4n) is 10.9. The van der Waals surface area contributed by atoms with Crippen molar-refractivity contribution in [3.63, 3.8) is 0 Å². The fraction of sp³-hybridized carbons (Fsp3) is 0.909. The second-order valence-corrected chi connectivity index (χ2v) is 15.1. The van der Waals surface area contributed by atoms with E-state index in [0.29, 0.717) is 48.3 Å². The lowest BCUT2D eigenvalue weighted by Gasteiger charge is -2.62. The molecule has 0 N–H and O–H groups in total. The zero-order chi connectivity index (χ0) is 29.1. The van der Waals surface area contributed by atoms with Gasteiger partial charge in [0.1, 0.15) is 18.0 Å². The second kappa shape index (κ2) is 11.2. The van der Waals surface area contributed by atoms with Crippen LogP contribution < -0.4 is 0 Å². The number of carbonyl (C=O) groups is 3. The normalized spacial score (nSPS) is 45.8. The van der Waals surface area contributed by atoms with E-state index < -0.39 is 0 Å². The van der Waals surface area contributed by atoms with E-state index in [0.717, 1.165) is 65.0 Å². The molecule has 2 heterocycles. The number of nitrogens with zero attached hydrogens (tertiary/aromatic N) is 3. The van der Waals surface area contributed by atoms with Crippen LogP contribution in [0.5, 0.6) is 0 Å². The number of carbonyl (C=O) groups excluding carboxylic acids is 3. The summed E-state index contributed by atoms with van der Waals surface area (Å²) in [6, 6.07) is 0.501. The second-order valence-electron chi connectivity index (χ2n) is 15.1. The molecule has 0 aromatic rings. The standard InChI is InChI=1S/C33H53N3O5/c1-21(37)40-30-18-23-6-7-25-26(33(23,4)20-29(30)35-12-9-24(39)10-13-35)8-11-32(3)27(25)19-28(31(32)41-22(2)38)36-16-14-34(5)15-17-36/h23,25-31H,6-20H2,1-5H3/t23-,25+,26-,27-,28-,29-,30-,31-,32-,33-/m0/s1. The molecule has 0 bridgehead atoms. The van der Waals surface area contributed by atoms with E-state index in [1.165, 1.54) is 19.3 Å². The van der Waals surface area contributed by atoms with Gasteiger partial charge >= 0.3 is 11.9 Å². The van der Waals surface area contributed by atoms with Crippen molar-refractivity contribution in [2.45, 2.75) is 110 Å². The molecular weight excluding hydrogens is 518 g/mol. The Morgan fingerprint density at radius 2 is 1.44 bits per heavy atom. The summed E-state index contributed by atoms with van der Waals surface area (Å²) in [4.78, 5) is 44.2. The van der Waals surface area contributed by atoms with Crippen LogP contribution in [0.4, 0.5) is 0 Å². The average Bonchev–Trinajstić information content (AvgIpc) is 3.21. The molecule has 2 aliphatic heterocycles. The van der Waals surface area contributed by atoms with Gasteiger partial charge in [0.15, 0.2) is 0 Å². The molecule has 230 valence electrons. The van der Waals surface area contributed by atoms with E-state index in [1.807, 2.05) is 0 Å². The van der Waals surface area contributed by atoms with Crippen LogP contribution in [-0.2, 0) is 23.9 Å². The smallest absolute Gasteiger partial charge is 0.302 e. The van der Waals surface area contributed by atoms with Crippen LogP contribution in [-0.4, -0.2) is 103 Å². The molecule has 6 rings (SSSR count). The summed E-state index contributed by atoms with van der Waals surface area (Å²) in [5.74, 6) is 2.42. The molecule has 8 nitrogen and oxygen atoms in total. The molecular formula is C33H53N3O5. The van der Waals surface area contributed by atoms with Gasteiger partial charge in [-0.15, -0.1) is 0 Å². The molecule has 10 atom stereocenters. The van der Waals surface area contributed by atoms with Crippen molar-refractivity contribution in [1.82, 2.24) is 14.7 Å². The molecule has 4 saturated carbocycles. The first-order chi connectivity index (χ1) is 19.5. The number of hydrogen-bond acceptors (Lipinski definition) is 8. The minimum Gasteiger partial charge on any atom is -0.461 e. The van der Waals surface area contributed by atoms with Gasteiger partial charge in [0, 0.05) is 83.5 Å². The lowest BCUT2D eigenvalue weighted by molar-refractivity contribution is -0.180. The Bertz CT molecular complexity index is 1020. The van der Waals surface area contributed by atoms with Crippen LogP contribution in [0.25, 0.3) is 0 Å². The molecule has 6 aliphatic rings. The molecule has 8 heteroatoms. The zero-order valence-electron chi connectivity index (χ0n) is 26.1. The number of ether oxygens (including phenoxy) is 2. The third-order valence-corrected chi connectivity index (χ3v) is 13.0. The molecule has 4 aliphatic carbocycles. The maximum absolute atomic E-state index is 12.4. The van der Waals surface area contributed by atoms with Gasteiger partial charge in [0.25, 0.3) is 0 Å². The quantitative estimate of drug-likeness (QED) is 0.472. The van der Waals surface area contributed by atoms with Crippen LogP contribution in [0, 0.1) is 34.5 Å². The lowest BCUT2D eigenvalue weighted by atomic mass is 9.44. The van der Waals surface area contributed by atoms with Crippen LogP contribution in [0.1, 0.15) is 85.5 Å². The van der Waals surface area contributed by atoms with E-state index in [-0.39, 0.29) is 41.0 Å². The number of piperidine rings is 1. The predicted octanol–water partition coefficient (Wildman–Crippen LogP) is 3.76. The lowest BCUT2D eigenvalue weighted by Crippen LogP contribution is -2.61. The van der Waals surface area contributed by atoms with Crippen LogP contribution in [0.3, 0.4) is 0 Å². The minimum atomic E-state index is -0.184. The summed E-state index contributed by atoms with van der Waals surface area (Å²) in [6.07, 6.45) is 8.94. The van der Waals surface area contributed by atoms with Crippen molar-refractivity contribution >= 4 is 17.7 Å². The third kappa shape index (κ3) is 5.28. The van der Waals surface area contributed by atoms with E-state index >= 15 is 0 Å². The summed E-state index contributed by atoms with van der Waals surface area (Å²) >= 11 is 0. The van der Waals surface area contributed by atoms with Gasteiger partial charge in [0.2, 0.25) is 0 Å². The molecule has 0 spiro atoms. The topological polar surface area (TPSA) is 79.4 Å². The summed E-state index contributed by atoms with van der Waals surface area (Å²) in [6.45, 7) is 13.9. The number of Topliss-reactive ketones (excluding diaryl/α,β-unsaturated/α-hetero) is 1. The van der Waals surface area contributed by atoms with E-state index in [4.69, 9.17) is 9.47 Å². The molecule has 0 aromatic carbocycles. The summed E-state index contributed by atoms with van der Waals surface area (Å²) in [5, 5.41) is 0. The summed E-state index contributed by atoms with van der Waals surface area (Å²) < 4.78 is 12.3. The fourth-order valence-corrected chi connectivity index (χ4v) is 10.9. The molecule has 0 aromatic heterocycles. The predicted molar refractivity (Wildman–Crippen MR) is 156 cm³/mol. The Kier molecular flexibility index (Phi) is 8.08. The highest BCUT2D eigenvalue weighted by molar-refractivity contribution is 5.79. The number of likely N-dealkylation sites (N-methyl/N-ethyl adjacent to an activating group) is 1. The number of ketones is 1. The van der Waals surface area contributed by atoms with Crippen molar-refractivity contribution in [2.24, 2.45) is 34.5 Å². The van der Waals surface area contributed by atoms with Crippen molar-refractivity contribution in [1.29, 1.82) is 0 Å². The highest BCUT2D eigenvalue weighted by Gasteiger charge is 2.65. The monoisotopic (exact) mass is 571 g/mol. The van der Waals surface area contributed by atoms with Crippen molar-refractivity contribution < 1.29 is 23.9 Å². The van der Waals surface area contributed by atoms with Crippen LogP contribution in [0.15, 0.2) is 0 Å². The number of hydrogen-bond donors (Lipinski definition) is 0. The summed E-state index contributed by atoms with van der Waals surface area (Å²) in [5.41, 5.74) is 0.210. The molecule has 2 saturated heterocycles. The van der Waals surface area contributed by atoms with Crippen molar-refractivity contribution in [3.8, 4) is 0 Å². The molecule has 6 fully saturated rings. The molecule has 0 radical (unpaired) electrons. The number of likely N-dealkylation sites (tertiary alicyclic amines) is 1. The van der Waals surface area contributed by atoms with Crippen molar-refractivity contribution in [3.05, 3.63) is 0 Å². The number of fused-ring (bicyclic) bond motifs is 5. The zero-order valence-corrected chi connectivity index (χ0v) is 26.1. The minimum absolute atomic E-state index is 0.0195. The number of esters is 2. The van der Waals surface area contributed by atoms with Gasteiger partial charge in [-0.2, -0.15) is 0 Å². The highest BCUT2D eigenvalue weighted by Crippen LogP contribution is 2.67. The van der Waals surface area contributed by atoms with Gasteiger partial charge in [-0.1, -0.05) is 13.8 Å². The molecule has 0 amide bonds. The Labute approximate surface area is 246 Å². The Morgan fingerprint density at radius 1 is 0.780 bits per heavy atom. The van der Waals surface area contributed by atoms with Gasteiger partial charge < -0.3 is 14.4 Å². The number of piperazine rings is 1. The van der Waals surface area contributed by atoms with Gasteiger partial charge in [0.05, 0.1) is 0 Å². The Morgan fingerprint density at radius 3 is 2.10 bits per heavy atom. The maximum atomic E-state index is 12.4. The maximum Gasteiger partial charge on any atom is 0.302 e.